The van der Waals surface area contributed by atoms with Crippen molar-refractivity contribution in [3.05, 3.63) is 0 Å². The predicted molar refractivity (Wildman–Crippen MR) is 40.5 cm³/mol. The Morgan fingerprint density at radius 1 is 1.60 bits per heavy atom. The smallest absolute Gasteiger partial charge is 0.167 e. The fourth-order valence-electron chi connectivity index (χ4n) is 0.866. The summed E-state index contributed by atoms with van der Waals surface area (Å²) >= 11 is 2.85. The number of alkyl halides is 1. The number of halogens is 1. The number of hydrogen-bond acceptors (Lipinski definition) is 4. The van der Waals surface area contributed by atoms with Crippen LogP contribution in [-0.4, -0.2) is 35.6 Å². The zero-order valence-corrected chi connectivity index (χ0v) is 7.47. The van der Waals surface area contributed by atoms with Gasteiger partial charge in [0, 0.05) is 6.04 Å². The minimum Gasteiger partial charge on any atom is -0.389 e. The predicted octanol–water partition coefficient (Wildman–Crippen LogP) is -1.18. The second kappa shape index (κ2) is 2.44. The molecule has 0 aromatic rings. The Morgan fingerprint density at radius 2 is 2.10 bits per heavy atom. The molecule has 1 heterocycles. The molecule has 1 aliphatic heterocycles. The van der Waals surface area contributed by atoms with E-state index in [1.54, 1.807) is 0 Å². The Morgan fingerprint density at radius 3 is 2.20 bits per heavy atom. The average molecular weight is 230 g/mol. The maximum atomic E-state index is 10.9. The van der Waals surface area contributed by atoms with E-state index in [1.165, 1.54) is 0 Å². The molecule has 0 spiro atoms. The maximum Gasteiger partial charge on any atom is 0.167 e. The van der Waals surface area contributed by atoms with E-state index in [1.807, 2.05) is 0 Å². The average Bonchev–Trinajstić information content (AvgIpc) is 1.95. The van der Waals surface area contributed by atoms with Gasteiger partial charge in [-0.05, 0) is 0 Å². The second-order valence-electron chi connectivity index (χ2n) is 2.34. The lowest BCUT2D eigenvalue weighted by Gasteiger charge is -2.07. The van der Waals surface area contributed by atoms with Crippen molar-refractivity contribution in [1.82, 2.24) is 0 Å². The number of hydrogen-bond donors (Lipinski definition) is 2. The van der Waals surface area contributed by atoms with E-state index in [0.717, 1.165) is 0 Å². The van der Waals surface area contributed by atoms with Crippen molar-refractivity contribution in [3.8, 4) is 0 Å². The van der Waals surface area contributed by atoms with E-state index in [2.05, 4.69) is 15.9 Å². The molecule has 0 unspecified atom stereocenters. The van der Waals surface area contributed by atoms with Crippen LogP contribution in [0.2, 0.25) is 0 Å². The van der Waals surface area contributed by atoms with Gasteiger partial charge in [0.05, 0.1) is 11.9 Å². The van der Waals surface area contributed by atoms with Crippen LogP contribution >= 0.6 is 15.9 Å². The van der Waals surface area contributed by atoms with Gasteiger partial charge in [0.15, 0.2) is 9.84 Å². The first-order chi connectivity index (χ1) is 4.45. The summed E-state index contributed by atoms with van der Waals surface area (Å²) in [5.74, 6) is -0.135. The lowest BCUT2D eigenvalue weighted by Crippen LogP contribution is -2.34. The summed E-state index contributed by atoms with van der Waals surface area (Å²) in [4.78, 5) is 0. The minimum absolute atomic E-state index is 0.135. The van der Waals surface area contributed by atoms with Crippen LogP contribution < -0.4 is 5.73 Å². The lowest BCUT2D eigenvalue weighted by atomic mass is 10.2. The zero-order chi connectivity index (χ0) is 7.94. The van der Waals surface area contributed by atoms with Crippen molar-refractivity contribution in [3.63, 3.8) is 0 Å². The largest absolute Gasteiger partial charge is 0.389 e. The van der Waals surface area contributed by atoms with Gasteiger partial charge in [0.1, 0.15) is 4.16 Å². The van der Waals surface area contributed by atoms with E-state index in [0.29, 0.717) is 0 Å². The van der Waals surface area contributed by atoms with Gasteiger partial charge in [-0.1, -0.05) is 15.9 Å². The van der Waals surface area contributed by atoms with Crippen LogP contribution in [0.4, 0.5) is 0 Å². The number of aliphatic hydroxyl groups is 1. The van der Waals surface area contributed by atoms with E-state index in [4.69, 9.17) is 10.8 Å². The molecule has 0 bridgehead atoms. The summed E-state index contributed by atoms with van der Waals surface area (Å²) < 4.78 is 20.9. The Hall–Kier alpha value is 0.350. The molecule has 3 atom stereocenters. The third-order valence-corrected chi connectivity index (χ3v) is 5.54. The van der Waals surface area contributed by atoms with Crippen molar-refractivity contribution in [2.24, 2.45) is 5.73 Å². The number of sulfone groups is 1. The third-order valence-electron chi connectivity index (χ3n) is 1.48. The summed E-state index contributed by atoms with van der Waals surface area (Å²) in [6, 6.07) is -0.644. The summed E-state index contributed by atoms with van der Waals surface area (Å²) in [6.45, 7) is 0. The van der Waals surface area contributed by atoms with Gasteiger partial charge in [-0.15, -0.1) is 0 Å². The highest BCUT2D eigenvalue weighted by molar-refractivity contribution is 9.11. The molecule has 0 aromatic carbocycles. The maximum absolute atomic E-state index is 10.9. The van der Waals surface area contributed by atoms with E-state index in [9.17, 15) is 8.42 Å². The Bertz CT molecular complexity index is 227. The summed E-state index contributed by atoms with van der Waals surface area (Å²) in [5, 5.41) is 9.05. The normalized spacial score (nSPS) is 45.7. The number of nitrogens with two attached hydrogens (primary N) is 1. The van der Waals surface area contributed by atoms with Crippen LogP contribution in [0.15, 0.2) is 0 Å². The van der Waals surface area contributed by atoms with Gasteiger partial charge in [-0.3, -0.25) is 0 Å². The monoisotopic (exact) mass is 229 g/mol. The van der Waals surface area contributed by atoms with Gasteiger partial charge in [0.25, 0.3) is 0 Å². The van der Waals surface area contributed by atoms with Crippen molar-refractivity contribution in [2.45, 2.75) is 16.3 Å². The highest BCUT2D eigenvalue weighted by Crippen LogP contribution is 2.24. The molecule has 0 aliphatic carbocycles. The van der Waals surface area contributed by atoms with Crippen molar-refractivity contribution >= 4 is 25.8 Å². The molecule has 0 saturated carbocycles. The molecule has 1 fully saturated rings. The summed E-state index contributed by atoms with van der Waals surface area (Å²) in [7, 11) is -3.18. The standard InChI is InChI=1S/C4H8BrNO3S/c5-4-3(7)2(6)1-10(4,8)9/h2-4,7H,1,6H2/t2-,3+,4+/m1/s1. The Balaban J connectivity index is 2.93. The molecule has 6 heteroatoms. The molecular formula is C4H8BrNO3S. The summed E-state index contributed by atoms with van der Waals surface area (Å²) in [6.07, 6.45) is -0.968. The minimum atomic E-state index is -3.18. The first kappa shape index (κ1) is 8.45. The molecule has 10 heavy (non-hydrogen) atoms. The van der Waals surface area contributed by atoms with E-state index < -0.39 is 26.1 Å². The molecule has 0 amide bonds. The SMILES string of the molecule is N[C@@H]1CS(=O)(=O)[C@H](Br)[C@H]1O. The van der Waals surface area contributed by atoms with E-state index >= 15 is 0 Å². The first-order valence-corrected chi connectivity index (χ1v) is 5.37. The van der Waals surface area contributed by atoms with E-state index in [-0.39, 0.29) is 5.75 Å². The van der Waals surface area contributed by atoms with Crippen LogP contribution in [0.1, 0.15) is 0 Å². The molecule has 1 rings (SSSR count). The zero-order valence-electron chi connectivity index (χ0n) is 5.07. The van der Waals surface area contributed by atoms with Gasteiger partial charge >= 0.3 is 0 Å². The second-order valence-corrected chi connectivity index (χ2v) is 6.09. The lowest BCUT2D eigenvalue weighted by molar-refractivity contribution is 0.177. The molecule has 4 nitrogen and oxygen atoms in total. The van der Waals surface area contributed by atoms with Crippen LogP contribution in [0, 0.1) is 0 Å². The molecule has 0 aromatic heterocycles. The van der Waals surface area contributed by atoms with Crippen molar-refractivity contribution in [2.75, 3.05) is 5.75 Å². The number of aliphatic hydroxyl groups excluding tert-OH is 1. The van der Waals surface area contributed by atoms with Gasteiger partial charge in [0.2, 0.25) is 0 Å². The summed E-state index contributed by atoms with van der Waals surface area (Å²) in [5.41, 5.74) is 5.29. The van der Waals surface area contributed by atoms with Crippen LogP contribution in [-0.2, 0) is 9.84 Å². The third kappa shape index (κ3) is 1.20. The van der Waals surface area contributed by atoms with Gasteiger partial charge < -0.3 is 10.8 Å². The highest BCUT2D eigenvalue weighted by Gasteiger charge is 2.42. The topological polar surface area (TPSA) is 80.4 Å². The fraction of sp³-hybridized carbons (Fsp3) is 1.00. The van der Waals surface area contributed by atoms with Crippen molar-refractivity contribution < 1.29 is 13.5 Å². The quantitative estimate of drug-likeness (QED) is 0.513. The molecule has 60 valence electrons. The van der Waals surface area contributed by atoms with Crippen LogP contribution in [0.5, 0.6) is 0 Å². The Labute approximate surface area is 67.5 Å². The molecule has 1 saturated heterocycles. The molecule has 0 radical (unpaired) electrons. The number of rotatable bonds is 0. The molecular weight excluding hydrogens is 222 g/mol. The fourth-order valence-corrected chi connectivity index (χ4v) is 3.26. The van der Waals surface area contributed by atoms with Crippen LogP contribution in [0.3, 0.4) is 0 Å². The highest BCUT2D eigenvalue weighted by atomic mass is 79.9. The van der Waals surface area contributed by atoms with Gasteiger partial charge in [-0.2, -0.15) is 0 Å². The van der Waals surface area contributed by atoms with Crippen LogP contribution in [0.25, 0.3) is 0 Å². The Kier molecular flexibility index (Phi) is 2.06. The first-order valence-electron chi connectivity index (χ1n) is 2.74. The molecule has 1 aliphatic rings. The van der Waals surface area contributed by atoms with Gasteiger partial charge in [-0.25, -0.2) is 8.42 Å². The molecule has 3 N–H and O–H groups in total. The van der Waals surface area contributed by atoms with Crippen molar-refractivity contribution in [1.29, 1.82) is 0 Å².